The molecule has 0 bridgehead atoms. The molecule has 2 aromatic heterocycles. The molecule has 2 aliphatic rings. The molecule has 2 saturated carbocycles. The average molecular weight is 620 g/mol. The summed E-state index contributed by atoms with van der Waals surface area (Å²) in [4.78, 5) is 21.5. The van der Waals surface area contributed by atoms with E-state index in [1.807, 2.05) is 77.3 Å². The van der Waals surface area contributed by atoms with E-state index in [2.05, 4.69) is 9.71 Å². The van der Waals surface area contributed by atoms with Crippen molar-refractivity contribution < 1.29 is 27.4 Å². The maximum Gasteiger partial charge on any atom is 0.308 e. The molecule has 232 valence electrons. The van der Waals surface area contributed by atoms with Crippen LogP contribution in [0.25, 0.3) is 21.6 Å². The number of rotatable bonds is 9. The van der Waals surface area contributed by atoms with Crippen molar-refractivity contribution in [3.63, 3.8) is 0 Å². The van der Waals surface area contributed by atoms with Gasteiger partial charge < -0.3 is 14.2 Å². The highest BCUT2D eigenvalue weighted by Gasteiger charge is 2.35. The van der Waals surface area contributed by atoms with Crippen molar-refractivity contribution in [3.05, 3.63) is 35.7 Å². The van der Waals surface area contributed by atoms with Crippen LogP contribution in [0.15, 0.2) is 35.7 Å². The fourth-order valence-corrected chi connectivity index (χ4v) is 6.45. The van der Waals surface area contributed by atoms with Gasteiger partial charge in [0.25, 0.3) is 0 Å². The van der Waals surface area contributed by atoms with E-state index in [0.717, 1.165) is 53.0 Å². The molecular weight excluding hydrogens is 574 g/mol. The third-order valence-corrected chi connectivity index (χ3v) is 9.39. The van der Waals surface area contributed by atoms with Crippen LogP contribution in [0.3, 0.4) is 0 Å². The van der Waals surface area contributed by atoms with Gasteiger partial charge in [-0.2, -0.15) is 0 Å². The molecule has 1 aromatic carbocycles. The lowest BCUT2D eigenvalue weighted by molar-refractivity contribution is -0.152. The molecule has 5 rings (SSSR count). The zero-order chi connectivity index (χ0) is 30.9. The number of fused-ring (bicyclic) bond motifs is 1. The van der Waals surface area contributed by atoms with Gasteiger partial charge in [0.1, 0.15) is 17.5 Å². The lowest BCUT2D eigenvalue weighted by atomic mass is 10.2. The van der Waals surface area contributed by atoms with Crippen molar-refractivity contribution >= 4 is 38.4 Å². The van der Waals surface area contributed by atoms with Gasteiger partial charge in [-0.25, -0.2) is 23.1 Å². The van der Waals surface area contributed by atoms with Gasteiger partial charge in [0.2, 0.25) is 15.9 Å². The number of methoxy groups -OCH3 is 1. The van der Waals surface area contributed by atoms with Gasteiger partial charge in [0.15, 0.2) is 0 Å². The Hall–Kier alpha value is -2.76. The summed E-state index contributed by atoms with van der Waals surface area (Å²) >= 11 is 1.62. The first-order chi connectivity index (χ1) is 19.9. The van der Waals surface area contributed by atoms with E-state index in [1.54, 1.807) is 18.4 Å². The van der Waals surface area contributed by atoms with Gasteiger partial charge in [0, 0.05) is 12.1 Å². The van der Waals surface area contributed by atoms with Crippen molar-refractivity contribution in [1.29, 1.82) is 0 Å². The number of nitrogens with one attached hydrogen (secondary N) is 1. The molecule has 9 nitrogen and oxygen atoms in total. The van der Waals surface area contributed by atoms with E-state index in [4.69, 9.17) is 19.2 Å². The van der Waals surface area contributed by atoms with Crippen molar-refractivity contribution in [2.24, 2.45) is 5.92 Å². The summed E-state index contributed by atoms with van der Waals surface area (Å²) in [6.45, 7) is 11.4. The van der Waals surface area contributed by atoms with Crippen LogP contribution in [0.2, 0.25) is 0 Å². The maximum atomic E-state index is 11.1. The molecule has 0 aliphatic heterocycles. The van der Waals surface area contributed by atoms with Gasteiger partial charge in [-0.1, -0.05) is 19.9 Å². The Balaban J connectivity index is 0.000000194. The molecule has 2 aliphatic carbocycles. The van der Waals surface area contributed by atoms with Crippen molar-refractivity contribution in [3.8, 4) is 22.2 Å². The zero-order valence-corrected chi connectivity index (χ0v) is 27.4. The van der Waals surface area contributed by atoms with Gasteiger partial charge in [-0.3, -0.25) is 4.79 Å². The number of carbonyl (C=O) groups is 1. The minimum Gasteiger partial charge on any atom is -0.497 e. The predicted molar refractivity (Wildman–Crippen MR) is 169 cm³/mol. The minimum atomic E-state index is -2.94. The quantitative estimate of drug-likeness (QED) is 0.261. The van der Waals surface area contributed by atoms with E-state index in [1.165, 1.54) is 12.8 Å². The van der Waals surface area contributed by atoms with Crippen molar-refractivity contribution in [2.45, 2.75) is 104 Å². The number of aromatic nitrogens is 2. The Morgan fingerprint density at radius 2 is 1.67 bits per heavy atom. The number of nitrogens with zero attached hydrogens (tertiary/aromatic N) is 2. The lowest BCUT2D eigenvalue weighted by Crippen LogP contribution is -2.32. The highest BCUT2D eigenvalue weighted by molar-refractivity contribution is 7.90. The molecule has 1 N–H and O–H groups in total. The Morgan fingerprint density at radius 1 is 0.976 bits per heavy atom. The molecule has 0 saturated heterocycles. The molecule has 11 heteroatoms. The average Bonchev–Trinajstić information content (AvgIpc) is 3.42. The SMILES string of the molecule is CC(C)C(=O)OC1CCCC1.CC(C)NS(=O)(=O)C1CC1.COc1ccc2nc(OC(C)C)c(-c3cccs3)nc2c1. The van der Waals surface area contributed by atoms with Gasteiger partial charge in [-0.05, 0) is 89.8 Å². The fraction of sp³-hybridized carbons (Fsp3) is 0.581. The van der Waals surface area contributed by atoms with Crippen LogP contribution in [0.5, 0.6) is 11.6 Å². The Morgan fingerprint density at radius 3 is 2.19 bits per heavy atom. The minimum absolute atomic E-state index is 0.0237. The summed E-state index contributed by atoms with van der Waals surface area (Å²) < 4.78 is 41.1. The van der Waals surface area contributed by atoms with Crippen LogP contribution in [0.1, 0.15) is 80.1 Å². The molecule has 3 aromatic rings. The van der Waals surface area contributed by atoms with Crippen LogP contribution in [-0.2, 0) is 19.6 Å². The van der Waals surface area contributed by atoms with Crippen LogP contribution in [0.4, 0.5) is 0 Å². The number of sulfonamides is 1. The molecule has 0 amide bonds. The number of thiophene rings is 1. The van der Waals surface area contributed by atoms with Crippen LogP contribution in [0, 0.1) is 5.92 Å². The number of carbonyl (C=O) groups excluding carboxylic acids is 1. The topological polar surface area (TPSA) is 117 Å². The predicted octanol–water partition coefficient (Wildman–Crippen LogP) is 6.76. The Kier molecular flexibility index (Phi) is 12.6. The smallest absolute Gasteiger partial charge is 0.308 e. The lowest BCUT2D eigenvalue weighted by Gasteiger charge is -2.13. The third-order valence-electron chi connectivity index (χ3n) is 6.36. The summed E-state index contributed by atoms with van der Waals surface area (Å²) in [7, 11) is -1.29. The summed E-state index contributed by atoms with van der Waals surface area (Å²) in [6.07, 6.45) is 6.52. The molecule has 0 atom stereocenters. The molecule has 42 heavy (non-hydrogen) atoms. The molecule has 0 unspecified atom stereocenters. The van der Waals surface area contributed by atoms with Crippen LogP contribution in [-0.4, -0.2) is 55.0 Å². The number of benzene rings is 1. The highest BCUT2D eigenvalue weighted by atomic mass is 32.2. The third kappa shape index (κ3) is 10.5. The molecular formula is C31H45N3O6S2. The number of ether oxygens (including phenoxy) is 3. The number of hydrogen-bond acceptors (Lipinski definition) is 9. The molecule has 2 fully saturated rings. The van der Waals surface area contributed by atoms with Gasteiger partial charge in [-0.15, -0.1) is 11.3 Å². The first-order valence-electron chi connectivity index (χ1n) is 14.7. The number of esters is 1. The zero-order valence-electron chi connectivity index (χ0n) is 25.8. The summed E-state index contributed by atoms with van der Waals surface area (Å²) in [6, 6.07) is 9.71. The van der Waals surface area contributed by atoms with E-state index in [9.17, 15) is 13.2 Å². The second kappa shape index (κ2) is 15.6. The first-order valence-corrected chi connectivity index (χ1v) is 17.1. The summed E-state index contributed by atoms with van der Waals surface area (Å²) in [5.74, 6) is 1.32. The largest absolute Gasteiger partial charge is 0.497 e. The second-order valence-corrected chi connectivity index (χ2v) is 14.3. The van der Waals surface area contributed by atoms with E-state index >= 15 is 0 Å². The standard InChI is InChI=1S/C16H16N2O2S.C9H16O2.C6H13NO2S/c1-10(2)20-16-15(14-5-4-8-21-14)17-13-9-11(19-3)6-7-12(13)18-16;1-7(2)9(10)11-8-5-3-4-6-8;1-5(2)7-10(8,9)6-3-4-6/h4-10H,1-3H3;7-8H,3-6H2,1-2H3;5-7H,3-4H2,1-2H3. The Labute approximate surface area is 254 Å². The van der Waals surface area contributed by atoms with Crippen LogP contribution < -0.4 is 14.2 Å². The van der Waals surface area contributed by atoms with Gasteiger partial charge >= 0.3 is 5.97 Å². The highest BCUT2D eigenvalue weighted by Crippen LogP contribution is 2.33. The molecule has 0 radical (unpaired) electrons. The fourth-order valence-electron chi connectivity index (χ4n) is 4.13. The summed E-state index contributed by atoms with van der Waals surface area (Å²) in [5, 5.41) is 1.93. The van der Waals surface area contributed by atoms with Crippen LogP contribution >= 0.6 is 11.3 Å². The second-order valence-electron chi connectivity index (χ2n) is 11.4. The monoisotopic (exact) mass is 619 g/mol. The number of hydrogen-bond donors (Lipinski definition) is 1. The van der Waals surface area contributed by atoms with Crippen molar-refractivity contribution in [1.82, 2.24) is 14.7 Å². The van der Waals surface area contributed by atoms with E-state index in [-0.39, 0.29) is 35.4 Å². The molecule has 0 spiro atoms. The normalized spacial score (nSPS) is 15.3. The molecule has 2 heterocycles. The summed E-state index contributed by atoms with van der Waals surface area (Å²) in [5.41, 5.74) is 2.38. The van der Waals surface area contributed by atoms with E-state index < -0.39 is 10.0 Å². The maximum absolute atomic E-state index is 11.1. The Bertz CT molecular complexity index is 1380. The van der Waals surface area contributed by atoms with Gasteiger partial charge in [0.05, 0.1) is 40.3 Å². The van der Waals surface area contributed by atoms with E-state index in [0.29, 0.717) is 5.88 Å². The van der Waals surface area contributed by atoms with Crippen molar-refractivity contribution in [2.75, 3.05) is 7.11 Å². The first kappa shape index (κ1) is 33.7.